The van der Waals surface area contributed by atoms with Gasteiger partial charge in [-0.1, -0.05) is 5.16 Å². The molecule has 1 saturated heterocycles. The molecule has 1 fully saturated rings. The van der Waals surface area contributed by atoms with E-state index in [1.54, 1.807) is 0 Å². The van der Waals surface area contributed by atoms with E-state index in [2.05, 4.69) is 10.1 Å². The van der Waals surface area contributed by atoms with E-state index in [0.29, 0.717) is 38.5 Å². The minimum absolute atomic E-state index is 0.230. The molecule has 0 unspecified atom stereocenters. The Labute approximate surface area is 105 Å². The quantitative estimate of drug-likeness (QED) is 0.771. The van der Waals surface area contributed by atoms with Gasteiger partial charge in [-0.2, -0.15) is 4.98 Å². The minimum atomic E-state index is -0.648. The molecule has 0 radical (unpaired) electrons. The number of hydrogen-bond donors (Lipinski definition) is 2. The lowest BCUT2D eigenvalue weighted by Crippen LogP contribution is -2.37. The van der Waals surface area contributed by atoms with E-state index < -0.39 is 11.6 Å². The molecule has 3 N–H and O–H groups in total. The van der Waals surface area contributed by atoms with E-state index in [1.807, 2.05) is 6.92 Å². The second-order valence-electron chi connectivity index (χ2n) is 4.28. The fourth-order valence-electron chi connectivity index (χ4n) is 2.06. The molecule has 7 nitrogen and oxygen atoms in total. The molecule has 0 saturated carbocycles. The van der Waals surface area contributed by atoms with Crippen molar-refractivity contribution in [1.82, 2.24) is 10.1 Å². The number of aliphatic hydroxyl groups is 1. The Kier molecular flexibility index (Phi) is 4.28. The first-order valence-corrected chi connectivity index (χ1v) is 6.14. The van der Waals surface area contributed by atoms with Gasteiger partial charge < -0.3 is 24.8 Å². The fraction of sp³-hybridized carbons (Fsp3) is 0.818. The van der Waals surface area contributed by atoms with E-state index in [-0.39, 0.29) is 12.5 Å². The topological polar surface area (TPSA) is 104 Å². The summed E-state index contributed by atoms with van der Waals surface area (Å²) in [7, 11) is 0. The number of nitrogens with two attached hydrogens (primary N) is 1. The van der Waals surface area contributed by atoms with Crippen LogP contribution in [0.3, 0.4) is 0 Å². The van der Waals surface area contributed by atoms with Crippen LogP contribution in [0, 0.1) is 0 Å². The number of rotatable bonds is 5. The second kappa shape index (κ2) is 5.75. The van der Waals surface area contributed by atoms with Gasteiger partial charge in [0.2, 0.25) is 11.7 Å². The summed E-state index contributed by atoms with van der Waals surface area (Å²) >= 11 is 0. The van der Waals surface area contributed by atoms with Gasteiger partial charge in [-0.25, -0.2) is 0 Å². The van der Waals surface area contributed by atoms with E-state index in [4.69, 9.17) is 24.8 Å². The lowest BCUT2D eigenvalue weighted by atomic mass is 9.93. The molecular formula is C11H19N3O4. The van der Waals surface area contributed by atoms with Crippen molar-refractivity contribution in [3.8, 4) is 0 Å². The third kappa shape index (κ3) is 2.54. The molecule has 1 aliphatic rings. The lowest BCUT2D eigenvalue weighted by molar-refractivity contribution is -0.118. The third-order valence-corrected chi connectivity index (χ3v) is 3.08. The SMILES string of the molecule is CCOC1(c2noc([C@@H](N)CO)n2)CCOCC1. The molecule has 7 heteroatoms. The van der Waals surface area contributed by atoms with Crippen LogP contribution in [0.15, 0.2) is 4.52 Å². The molecule has 2 heterocycles. The maximum atomic E-state index is 8.97. The van der Waals surface area contributed by atoms with Gasteiger partial charge in [0.15, 0.2) is 0 Å². The molecule has 1 aliphatic heterocycles. The van der Waals surface area contributed by atoms with Crippen molar-refractivity contribution in [3.05, 3.63) is 11.7 Å². The summed E-state index contributed by atoms with van der Waals surface area (Å²) < 4.78 is 16.2. The average molecular weight is 257 g/mol. The smallest absolute Gasteiger partial charge is 0.246 e. The molecule has 0 aliphatic carbocycles. The summed E-state index contributed by atoms with van der Waals surface area (Å²) in [6.07, 6.45) is 1.38. The minimum Gasteiger partial charge on any atom is -0.394 e. The molecule has 0 bridgehead atoms. The largest absolute Gasteiger partial charge is 0.394 e. The summed E-state index contributed by atoms with van der Waals surface area (Å²) in [5.41, 5.74) is 5.09. The number of aliphatic hydroxyl groups excluding tert-OH is 1. The highest BCUT2D eigenvalue weighted by Gasteiger charge is 2.40. The summed E-state index contributed by atoms with van der Waals surface area (Å²) in [6, 6.07) is -0.648. The van der Waals surface area contributed by atoms with Crippen molar-refractivity contribution in [2.75, 3.05) is 26.4 Å². The Morgan fingerprint density at radius 3 is 2.83 bits per heavy atom. The lowest BCUT2D eigenvalue weighted by Gasteiger charge is -2.33. The molecule has 1 aromatic rings. The monoisotopic (exact) mass is 257 g/mol. The summed E-state index contributed by atoms with van der Waals surface area (Å²) in [5, 5.41) is 12.9. The van der Waals surface area contributed by atoms with Gasteiger partial charge in [-0.05, 0) is 6.92 Å². The molecule has 102 valence electrons. The van der Waals surface area contributed by atoms with Gasteiger partial charge in [-0.15, -0.1) is 0 Å². The van der Waals surface area contributed by atoms with Crippen LogP contribution in [0.2, 0.25) is 0 Å². The highest BCUT2D eigenvalue weighted by molar-refractivity contribution is 5.04. The Bertz CT molecular complexity index is 371. The highest BCUT2D eigenvalue weighted by Crippen LogP contribution is 2.34. The zero-order valence-electron chi connectivity index (χ0n) is 10.5. The maximum absolute atomic E-state index is 8.97. The van der Waals surface area contributed by atoms with Crippen LogP contribution in [0.1, 0.15) is 37.5 Å². The van der Waals surface area contributed by atoms with Crippen molar-refractivity contribution in [2.24, 2.45) is 5.73 Å². The van der Waals surface area contributed by atoms with Crippen molar-refractivity contribution < 1.29 is 19.1 Å². The van der Waals surface area contributed by atoms with Gasteiger partial charge in [0.05, 0.1) is 6.61 Å². The molecular weight excluding hydrogens is 238 g/mol. The summed E-state index contributed by atoms with van der Waals surface area (Å²) in [4.78, 5) is 4.25. The van der Waals surface area contributed by atoms with Crippen LogP contribution in [-0.2, 0) is 15.1 Å². The highest BCUT2D eigenvalue weighted by atomic mass is 16.5. The van der Waals surface area contributed by atoms with Crippen molar-refractivity contribution in [3.63, 3.8) is 0 Å². The van der Waals surface area contributed by atoms with Crippen molar-refractivity contribution in [2.45, 2.75) is 31.4 Å². The van der Waals surface area contributed by atoms with Gasteiger partial charge in [0.1, 0.15) is 11.6 Å². The van der Waals surface area contributed by atoms with Crippen LogP contribution in [0.4, 0.5) is 0 Å². The summed E-state index contributed by atoms with van der Waals surface area (Å²) in [5.74, 6) is 0.726. The first-order valence-electron chi connectivity index (χ1n) is 6.14. The van der Waals surface area contributed by atoms with E-state index >= 15 is 0 Å². The Morgan fingerprint density at radius 1 is 1.50 bits per heavy atom. The average Bonchev–Trinajstić information content (AvgIpc) is 2.89. The number of ether oxygens (including phenoxy) is 2. The summed E-state index contributed by atoms with van der Waals surface area (Å²) in [6.45, 7) is 3.48. The predicted octanol–water partition coefficient (Wildman–Crippen LogP) is 0.104. The van der Waals surface area contributed by atoms with E-state index in [0.717, 1.165) is 0 Å². The van der Waals surface area contributed by atoms with Gasteiger partial charge in [-0.3, -0.25) is 0 Å². The Hall–Kier alpha value is -1.02. The van der Waals surface area contributed by atoms with Gasteiger partial charge in [0, 0.05) is 32.7 Å². The maximum Gasteiger partial charge on any atom is 0.246 e. The molecule has 1 atom stereocenters. The standard InChI is InChI=1S/C11H19N3O4/c1-2-17-11(3-5-16-6-4-11)10-13-9(18-14-10)8(12)7-15/h8,15H,2-7,12H2,1H3/t8-/m0/s1. The van der Waals surface area contributed by atoms with Crippen molar-refractivity contribution >= 4 is 0 Å². The van der Waals surface area contributed by atoms with Crippen LogP contribution in [0.5, 0.6) is 0 Å². The van der Waals surface area contributed by atoms with Crippen LogP contribution in [0.25, 0.3) is 0 Å². The third-order valence-electron chi connectivity index (χ3n) is 3.08. The fourth-order valence-corrected chi connectivity index (χ4v) is 2.06. The van der Waals surface area contributed by atoms with Gasteiger partial charge >= 0.3 is 0 Å². The van der Waals surface area contributed by atoms with E-state index in [1.165, 1.54) is 0 Å². The Morgan fingerprint density at radius 2 is 2.22 bits per heavy atom. The van der Waals surface area contributed by atoms with E-state index in [9.17, 15) is 0 Å². The normalized spacial score (nSPS) is 20.8. The zero-order valence-corrected chi connectivity index (χ0v) is 10.5. The van der Waals surface area contributed by atoms with Crippen LogP contribution >= 0.6 is 0 Å². The predicted molar refractivity (Wildman–Crippen MR) is 61.7 cm³/mol. The Balaban J connectivity index is 2.22. The second-order valence-corrected chi connectivity index (χ2v) is 4.28. The molecule has 0 spiro atoms. The van der Waals surface area contributed by atoms with Crippen molar-refractivity contribution in [1.29, 1.82) is 0 Å². The first kappa shape index (κ1) is 13.4. The zero-order chi connectivity index (χ0) is 13.0. The molecule has 0 amide bonds. The first-order chi connectivity index (χ1) is 8.72. The number of nitrogens with zero attached hydrogens (tertiary/aromatic N) is 2. The number of hydrogen-bond acceptors (Lipinski definition) is 7. The van der Waals surface area contributed by atoms with Crippen LogP contribution < -0.4 is 5.73 Å². The molecule has 0 aromatic carbocycles. The molecule has 2 rings (SSSR count). The molecule has 1 aromatic heterocycles. The number of aromatic nitrogens is 2. The van der Waals surface area contributed by atoms with Crippen LogP contribution in [-0.4, -0.2) is 41.7 Å². The molecule has 18 heavy (non-hydrogen) atoms. The van der Waals surface area contributed by atoms with Gasteiger partial charge in [0.25, 0.3) is 0 Å².